The molecule has 0 bridgehead atoms. The highest BCUT2D eigenvalue weighted by atomic mass is 79.9. The highest BCUT2D eigenvalue weighted by Gasteiger charge is 2.08. The van der Waals surface area contributed by atoms with E-state index in [-0.39, 0.29) is 0 Å². The molecule has 0 aliphatic rings. The average molecular weight is 299 g/mol. The molecule has 0 aromatic heterocycles. The van der Waals surface area contributed by atoms with Crippen LogP contribution in [-0.4, -0.2) is 10.4 Å². The van der Waals surface area contributed by atoms with Crippen LogP contribution in [0.2, 0.25) is 0 Å². The Hall–Kier alpha value is -0.500. The number of aryl methyl sites for hydroxylation is 1. The van der Waals surface area contributed by atoms with Crippen LogP contribution in [0.15, 0.2) is 12.1 Å². The molecule has 1 N–H and O–H groups in total. The van der Waals surface area contributed by atoms with Gasteiger partial charge in [-0.3, -0.25) is 0 Å². The fraction of sp³-hybridized carbons (Fsp3) is 0.600. The number of hydrogen-bond donors (Lipinski definition) is 1. The maximum Gasteiger partial charge on any atom is 0.118 e. The normalized spacial score (nSPS) is 10.8. The standard InChI is InChI=1S/C15H23BrO/c1-3-4-8-14-12(2)15(17)10-9-13(14)7-5-6-11-16/h9-10,17H,3-8,11H2,1-2H3. The molecule has 1 rings (SSSR count). The second kappa shape index (κ2) is 7.75. The Bertz CT molecular complexity index is 347. The lowest BCUT2D eigenvalue weighted by Crippen LogP contribution is -1.99. The predicted octanol–water partition coefficient (Wildman–Crippen LogP) is 4.76. The second-order valence-electron chi connectivity index (χ2n) is 4.60. The van der Waals surface area contributed by atoms with Crippen molar-refractivity contribution in [1.29, 1.82) is 0 Å². The summed E-state index contributed by atoms with van der Waals surface area (Å²) in [5.41, 5.74) is 3.88. The number of halogens is 1. The molecule has 0 fully saturated rings. The summed E-state index contributed by atoms with van der Waals surface area (Å²) in [4.78, 5) is 0. The third-order valence-corrected chi connectivity index (χ3v) is 3.84. The maximum absolute atomic E-state index is 9.79. The van der Waals surface area contributed by atoms with Crippen molar-refractivity contribution >= 4 is 15.9 Å². The topological polar surface area (TPSA) is 20.2 Å². The lowest BCUT2D eigenvalue weighted by atomic mass is 9.93. The first-order valence-corrected chi connectivity index (χ1v) is 7.69. The first kappa shape index (κ1) is 14.6. The summed E-state index contributed by atoms with van der Waals surface area (Å²) in [5, 5.41) is 10.9. The molecule has 0 amide bonds. The second-order valence-corrected chi connectivity index (χ2v) is 5.39. The molecule has 0 aliphatic heterocycles. The highest BCUT2D eigenvalue weighted by molar-refractivity contribution is 9.09. The van der Waals surface area contributed by atoms with Crippen LogP contribution in [0.4, 0.5) is 0 Å². The predicted molar refractivity (Wildman–Crippen MR) is 78.2 cm³/mol. The summed E-state index contributed by atoms with van der Waals surface area (Å²) in [5.74, 6) is 0.445. The Labute approximate surface area is 113 Å². The molecule has 0 atom stereocenters. The van der Waals surface area contributed by atoms with E-state index in [1.54, 1.807) is 0 Å². The summed E-state index contributed by atoms with van der Waals surface area (Å²) in [6.45, 7) is 4.25. The summed E-state index contributed by atoms with van der Waals surface area (Å²) < 4.78 is 0. The SMILES string of the molecule is CCCCc1c(CCCCBr)ccc(O)c1C. The molecular formula is C15H23BrO. The largest absolute Gasteiger partial charge is 0.508 e. The van der Waals surface area contributed by atoms with Gasteiger partial charge in [-0.05, 0) is 61.8 Å². The maximum atomic E-state index is 9.79. The fourth-order valence-corrected chi connectivity index (χ4v) is 2.54. The van der Waals surface area contributed by atoms with Gasteiger partial charge >= 0.3 is 0 Å². The van der Waals surface area contributed by atoms with Gasteiger partial charge in [0.15, 0.2) is 0 Å². The molecule has 0 unspecified atom stereocenters. The number of alkyl halides is 1. The number of aromatic hydroxyl groups is 1. The zero-order valence-electron chi connectivity index (χ0n) is 10.9. The van der Waals surface area contributed by atoms with Gasteiger partial charge in [0, 0.05) is 5.33 Å². The number of phenolic OH excluding ortho intramolecular Hbond substituents is 1. The van der Waals surface area contributed by atoms with E-state index in [2.05, 4.69) is 28.9 Å². The van der Waals surface area contributed by atoms with Crippen LogP contribution in [0, 0.1) is 6.92 Å². The molecule has 0 aliphatic carbocycles. The van der Waals surface area contributed by atoms with E-state index < -0.39 is 0 Å². The lowest BCUT2D eigenvalue weighted by Gasteiger charge is -2.13. The zero-order valence-corrected chi connectivity index (χ0v) is 12.5. The van der Waals surface area contributed by atoms with Crippen LogP contribution in [0.3, 0.4) is 0 Å². The molecule has 17 heavy (non-hydrogen) atoms. The Balaban J connectivity index is 2.82. The number of hydrogen-bond acceptors (Lipinski definition) is 1. The first-order chi connectivity index (χ1) is 8.20. The van der Waals surface area contributed by atoms with Gasteiger partial charge in [-0.1, -0.05) is 35.3 Å². The van der Waals surface area contributed by atoms with E-state index in [4.69, 9.17) is 0 Å². The van der Waals surface area contributed by atoms with Gasteiger partial charge < -0.3 is 5.11 Å². The van der Waals surface area contributed by atoms with E-state index in [1.807, 2.05) is 13.0 Å². The van der Waals surface area contributed by atoms with Crippen LogP contribution in [0.25, 0.3) is 0 Å². The van der Waals surface area contributed by atoms with E-state index >= 15 is 0 Å². The lowest BCUT2D eigenvalue weighted by molar-refractivity contribution is 0.469. The first-order valence-electron chi connectivity index (χ1n) is 6.57. The van der Waals surface area contributed by atoms with Gasteiger partial charge in [-0.15, -0.1) is 0 Å². The van der Waals surface area contributed by atoms with E-state index in [9.17, 15) is 5.11 Å². The molecule has 0 radical (unpaired) electrons. The van der Waals surface area contributed by atoms with Crippen molar-refractivity contribution in [3.63, 3.8) is 0 Å². The number of unbranched alkanes of at least 4 members (excludes halogenated alkanes) is 2. The quantitative estimate of drug-likeness (QED) is 0.568. The molecule has 2 heteroatoms. The molecule has 0 spiro atoms. The van der Waals surface area contributed by atoms with Gasteiger partial charge in [-0.2, -0.15) is 0 Å². The van der Waals surface area contributed by atoms with Crippen LogP contribution >= 0.6 is 15.9 Å². The minimum Gasteiger partial charge on any atom is -0.508 e. The smallest absolute Gasteiger partial charge is 0.118 e. The van der Waals surface area contributed by atoms with Gasteiger partial charge in [-0.25, -0.2) is 0 Å². The van der Waals surface area contributed by atoms with Crippen LogP contribution in [0.5, 0.6) is 5.75 Å². The number of rotatable bonds is 7. The summed E-state index contributed by atoms with van der Waals surface area (Å²) >= 11 is 3.47. The summed E-state index contributed by atoms with van der Waals surface area (Å²) in [7, 11) is 0. The summed E-state index contributed by atoms with van der Waals surface area (Å²) in [6.07, 6.45) is 7.07. The third kappa shape index (κ3) is 4.34. The molecule has 1 nitrogen and oxygen atoms in total. The molecule has 1 aromatic rings. The molecule has 0 saturated heterocycles. The van der Waals surface area contributed by atoms with Crippen LogP contribution < -0.4 is 0 Å². The Morgan fingerprint density at radius 1 is 1.12 bits per heavy atom. The monoisotopic (exact) mass is 298 g/mol. The van der Waals surface area contributed by atoms with Gasteiger partial charge in [0.1, 0.15) is 5.75 Å². The third-order valence-electron chi connectivity index (χ3n) is 3.28. The van der Waals surface area contributed by atoms with Crippen LogP contribution in [-0.2, 0) is 12.8 Å². The van der Waals surface area contributed by atoms with Crippen molar-refractivity contribution in [2.45, 2.75) is 52.4 Å². The van der Waals surface area contributed by atoms with E-state index in [0.29, 0.717) is 5.75 Å². The van der Waals surface area contributed by atoms with Crippen molar-refractivity contribution in [3.8, 4) is 5.75 Å². The van der Waals surface area contributed by atoms with E-state index in [0.717, 1.165) is 23.7 Å². The Morgan fingerprint density at radius 2 is 1.88 bits per heavy atom. The molecule has 96 valence electrons. The van der Waals surface area contributed by atoms with Crippen LogP contribution in [0.1, 0.15) is 49.3 Å². The van der Waals surface area contributed by atoms with Crippen molar-refractivity contribution in [2.75, 3.05) is 5.33 Å². The average Bonchev–Trinajstić information content (AvgIpc) is 2.33. The van der Waals surface area contributed by atoms with Gasteiger partial charge in [0.25, 0.3) is 0 Å². The van der Waals surface area contributed by atoms with Gasteiger partial charge in [0.05, 0.1) is 0 Å². The van der Waals surface area contributed by atoms with Crippen molar-refractivity contribution < 1.29 is 5.11 Å². The van der Waals surface area contributed by atoms with E-state index in [1.165, 1.54) is 36.8 Å². The Morgan fingerprint density at radius 3 is 2.53 bits per heavy atom. The van der Waals surface area contributed by atoms with Crippen molar-refractivity contribution in [3.05, 3.63) is 28.8 Å². The molecule has 1 aromatic carbocycles. The fourth-order valence-electron chi connectivity index (χ4n) is 2.15. The van der Waals surface area contributed by atoms with Crippen molar-refractivity contribution in [2.24, 2.45) is 0 Å². The molecular weight excluding hydrogens is 276 g/mol. The molecule has 0 heterocycles. The van der Waals surface area contributed by atoms with Crippen molar-refractivity contribution in [1.82, 2.24) is 0 Å². The zero-order chi connectivity index (χ0) is 12.7. The number of benzene rings is 1. The number of phenols is 1. The summed E-state index contributed by atoms with van der Waals surface area (Å²) in [6, 6.07) is 3.94. The Kier molecular flexibility index (Phi) is 6.64. The highest BCUT2D eigenvalue weighted by Crippen LogP contribution is 2.26. The molecule has 0 saturated carbocycles. The minimum absolute atomic E-state index is 0.445. The minimum atomic E-state index is 0.445. The van der Waals surface area contributed by atoms with Gasteiger partial charge in [0.2, 0.25) is 0 Å².